The normalized spacial score (nSPS) is 16.2. The van der Waals surface area contributed by atoms with Gasteiger partial charge in [-0.1, -0.05) is 37.3 Å². The number of amides is 3. The van der Waals surface area contributed by atoms with Crippen molar-refractivity contribution in [3.8, 4) is 5.75 Å². The van der Waals surface area contributed by atoms with E-state index in [0.717, 1.165) is 12.0 Å². The average molecular weight is 394 g/mol. The summed E-state index contributed by atoms with van der Waals surface area (Å²) in [5, 5.41) is 0. The van der Waals surface area contributed by atoms with Gasteiger partial charge in [0.25, 0.3) is 5.91 Å². The van der Waals surface area contributed by atoms with Gasteiger partial charge in [0.1, 0.15) is 11.8 Å². The minimum atomic E-state index is -0.764. The summed E-state index contributed by atoms with van der Waals surface area (Å²) in [7, 11) is 0. The summed E-state index contributed by atoms with van der Waals surface area (Å²) in [6.07, 6.45) is 1.53. The second-order valence-electron chi connectivity index (χ2n) is 7.08. The van der Waals surface area contributed by atoms with Crippen molar-refractivity contribution in [1.29, 1.82) is 0 Å². The molecule has 0 bridgehead atoms. The third-order valence-corrected chi connectivity index (χ3v) is 4.96. The summed E-state index contributed by atoms with van der Waals surface area (Å²) in [4.78, 5) is 40.5. The number of carbonyl (C=O) groups excluding carboxylic acids is 3. The van der Waals surface area contributed by atoms with Crippen molar-refractivity contribution in [1.82, 2.24) is 4.90 Å². The van der Waals surface area contributed by atoms with Gasteiger partial charge in [0.05, 0.1) is 18.7 Å². The largest absolute Gasteiger partial charge is 0.494 e. The fourth-order valence-corrected chi connectivity index (χ4v) is 3.47. The molecule has 0 N–H and O–H groups in total. The van der Waals surface area contributed by atoms with E-state index in [4.69, 9.17) is 4.74 Å². The van der Waals surface area contributed by atoms with E-state index in [9.17, 15) is 14.4 Å². The van der Waals surface area contributed by atoms with Crippen LogP contribution >= 0.6 is 0 Å². The van der Waals surface area contributed by atoms with Gasteiger partial charge in [-0.2, -0.15) is 0 Å². The summed E-state index contributed by atoms with van der Waals surface area (Å²) >= 11 is 0. The molecule has 0 unspecified atom stereocenters. The zero-order valence-electron chi connectivity index (χ0n) is 16.8. The van der Waals surface area contributed by atoms with E-state index in [1.807, 2.05) is 37.3 Å². The molecule has 29 heavy (non-hydrogen) atoms. The molecule has 2 aromatic rings. The Morgan fingerprint density at radius 1 is 1.10 bits per heavy atom. The molecule has 0 spiro atoms. The molecule has 0 saturated carbocycles. The highest BCUT2D eigenvalue weighted by molar-refractivity contribution is 6.23. The van der Waals surface area contributed by atoms with Crippen molar-refractivity contribution in [3.05, 3.63) is 60.2 Å². The Morgan fingerprint density at radius 2 is 1.79 bits per heavy atom. The van der Waals surface area contributed by atoms with E-state index < -0.39 is 6.04 Å². The predicted molar refractivity (Wildman–Crippen MR) is 111 cm³/mol. The lowest BCUT2D eigenvalue weighted by atomic mass is 10.1. The number of nitrogens with zero attached hydrogens (tertiary/aromatic N) is 2. The Balaban J connectivity index is 1.72. The molecule has 152 valence electrons. The monoisotopic (exact) mass is 394 g/mol. The quantitative estimate of drug-likeness (QED) is 0.645. The first-order valence-corrected chi connectivity index (χ1v) is 9.92. The minimum absolute atomic E-state index is 0.00128. The van der Waals surface area contributed by atoms with E-state index in [0.29, 0.717) is 31.0 Å². The average Bonchev–Trinajstić information content (AvgIpc) is 3.01. The highest BCUT2D eigenvalue weighted by Crippen LogP contribution is 2.27. The fourth-order valence-electron chi connectivity index (χ4n) is 3.47. The number of anilines is 1. The number of ether oxygens (including phenoxy) is 1. The maximum Gasteiger partial charge on any atom is 0.257 e. The first-order valence-electron chi connectivity index (χ1n) is 9.92. The molecule has 1 heterocycles. The van der Waals surface area contributed by atoms with Gasteiger partial charge in [0.15, 0.2) is 0 Å². The maximum atomic E-state index is 13.0. The summed E-state index contributed by atoms with van der Waals surface area (Å²) < 4.78 is 5.55. The number of carbonyl (C=O) groups is 3. The van der Waals surface area contributed by atoms with E-state index in [1.54, 1.807) is 24.3 Å². The van der Waals surface area contributed by atoms with Crippen molar-refractivity contribution >= 4 is 23.4 Å². The lowest BCUT2D eigenvalue weighted by Gasteiger charge is -2.26. The van der Waals surface area contributed by atoms with Crippen LogP contribution in [0.2, 0.25) is 0 Å². The van der Waals surface area contributed by atoms with Gasteiger partial charge in [-0.3, -0.25) is 14.4 Å². The Morgan fingerprint density at radius 3 is 2.41 bits per heavy atom. The maximum absolute atomic E-state index is 13.0. The van der Waals surface area contributed by atoms with Gasteiger partial charge in [0, 0.05) is 13.5 Å². The molecule has 2 aromatic carbocycles. The molecule has 0 radical (unpaired) electrons. The molecule has 1 aliphatic heterocycles. The Kier molecular flexibility index (Phi) is 6.65. The van der Waals surface area contributed by atoms with Crippen LogP contribution in [0.3, 0.4) is 0 Å². The molecule has 6 nitrogen and oxygen atoms in total. The molecule has 1 fully saturated rings. The lowest BCUT2D eigenvalue weighted by molar-refractivity contribution is -0.136. The summed E-state index contributed by atoms with van der Waals surface area (Å²) in [6, 6.07) is 15.9. The summed E-state index contributed by atoms with van der Waals surface area (Å²) in [5.41, 5.74) is 1.58. The third kappa shape index (κ3) is 4.83. The molecule has 1 aliphatic rings. The molecule has 6 heteroatoms. The Bertz CT molecular complexity index is 864. The van der Waals surface area contributed by atoms with Gasteiger partial charge in [-0.25, -0.2) is 4.90 Å². The second kappa shape index (κ2) is 9.37. The smallest absolute Gasteiger partial charge is 0.257 e. The molecule has 0 aliphatic carbocycles. The first-order chi connectivity index (χ1) is 14.0. The van der Waals surface area contributed by atoms with E-state index >= 15 is 0 Å². The van der Waals surface area contributed by atoms with Crippen LogP contribution in [0.5, 0.6) is 5.75 Å². The van der Waals surface area contributed by atoms with Crippen LogP contribution < -0.4 is 9.64 Å². The molecule has 0 aromatic heterocycles. The molecule has 3 rings (SSSR count). The summed E-state index contributed by atoms with van der Waals surface area (Å²) in [5.74, 6) is -0.176. The van der Waals surface area contributed by atoms with Crippen LogP contribution in [0, 0.1) is 0 Å². The first kappa shape index (κ1) is 20.6. The summed E-state index contributed by atoms with van der Waals surface area (Å²) in [6.45, 7) is 4.46. The highest BCUT2D eigenvalue weighted by atomic mass is 16.5. The van der Waals surface area contributed by atoms with Crippen molar-refractivity contribution < 1.29 is 19.1 Å². The predicted octanol–water partition coefficient (Wildman–Crippen LogP) is 3.20. The zero-order valence-corrected chi connectivity index (χ0v) is 16.8. The van der Waals surface area contributed by atoms with Crippen molar-refractivity contribution in [2.45, 2.75) is 39.2 Å². The number of hydrogen-bond donors (Lipinski definition) is 0. The molecular weight excluding hydrogens is 368 g/mol. The number of imide groups is 1. The molecule has 1 saturated heterocycles. The van der Waals surface area contributed by atoms with Gasteiger partial charge >= 0.3 is 0 Å². The Hall–Kier alpha value is -3.15. The Labute approximate surface area is 171 Å². The standard InChI is InChI=1S/C23H26N2O4/c1-3-15-29-20-11-9-19(10-12-20)25-22(27)16-21(23(25)28)24(17(2)26)14-13-18-7-5-4-6-8-18/h4-12,21H,3,13-16H2,1-2H3/t21-/m0/s1. The van der Waals surface area contributed by atoms with Crippen molar-refractivity contribution in [2.75, 3.05) is 18.1 Å². The minimum Gasteiger partial charge on any atom is -0.494 e. The fraction of sp³-hybridized carbons (Fsp3) is 0.348. The van der Waals surface area contributed by atoms with Gasteiger partial charge in [-0.15, -0.1) is 0 Å². The molecular formula is C23H26N2O4. The van der Waals surface area contributed by atoms with Crippen molar-refractivity contribution in [2.24, 2.45) is 0 Å². The molecule has 3 amide bonds. The third-order valence-electron chi connectivity index (χ3n) is 4.96. The van der Waals surface area contributed by atoms with Crippen LogP contribution in [0.4, 0.5) is 5.69 Å². The SMILES string of the molecule is CCCOc1ccc(N2C(=O)C[C@H](N(CCc3ccccc3)C(C)=O)C2=O)cc1. The van der Waals surface area contributed by atoms with Crippen LogP contribution in [0.1, 0.15) is 32.3 Å². The number of rotatable bonds is 8. The van der Waals surface area contributed by atoms with Crippen LogP contribution in [0.25, 0.3) is 0 Å². The van der Waals surface area contributed by atoms with Gasteiger partial charge in [-0.05, 0) is 42.7 Å². The van der Waals surface area contributed by atoms with Crippen LogP contribution in [0.15, 0.2) is 54.6 Å². The van der Waals surface area contributed by atoms with E-state index in [2.05, 4.69) is 0 Å². The number of hydrogen-bond acceptors (Lipinski definition) is 4. The number of benzene rings is 2. The van der Waals surface area contributed by atoms with Crippen LogP contribution in [-0.4, -0.2) is 41.8 Å². The van der Waals surface area contributed by atoms with Crippen LogP contribution in [-0.2, 0) is 20.8 Å². The van der Waals surface area contributed by atoms with Crippen molar-refractivity contribution in [3.63, 3.8) is 0 Å². The second-order valence-corrected chi connectivity index (χ2v) is 7.08. The van der Waals surface area contributed by atoms with E-state index in [-0.39, 0.29) is 24.1 Å². The zero-order chi connectivity index (χ0) is 20.8. The topological polar surface area (TPSA) is 66.9 Å². The molecule has 1 atom stereocenters. The van der Waals surface area contributed by atoms with Gasteiger partial charge in [0.2, 0.25) is 11.8 Å². The van der Waals surface area contributed by atoms with E-state index in [1.165, 1.54) is 16.7 Å². The van der Waals surface area contributed by atoms with Gasteiger partial charge < -0.3 is 9.64 Å². The highest BCUT2D eigenvalue weighted by Gasteiger charge is 2.43. The lowest BCUT2D eigenvalue weighted by Crippen LogP contribution is -2.45.